The first-order chi connectivity index (χ1) is 12.1. The molecule has 1 aromatic carbocycles. The maximum absolute atomic E-state index is 12.4. The van der Waals surface area contributed by atoms with Crippen molar-refractivity contribution in [3.05, 3.63) is 41.6 Å². The number of H-pyrrole nitrogens is 1. The molecule has 0 spiro atoms. The average molecular weight is 342 g/mol. The molecule has 1 aliphatic heterocycles. The number of nitrogens with zero attached hydrogens (tertiary/aromatic N) is 2. The Balaban J connectivity index is 1.58. The molecule has 3 rings (SSSR count). The Hall–Kier alpha value is -2.83. The molecule has 0 bridgehead atoms. The zero-order valence-electron chi connectivity index (χ0n) is 14.4. The van der Waals surface area contributed by atoms with Crippen molar-refractivity contribution in [2.24, 2.45) is 5.92 Å². The number of nitrogens with one attached hydrogen (secondary N) is 2. The van der Waals surface area contributed by atoms with Crippen LogP contribution in [0.15, 0.2) is 30.3 Å². The third kappa shape index (κ3) is 3.99. The largest absolute Gasteiger partial charge is 0.497 e. The number of aromatic amines is 1. The molecule has 2 aromatic rings. The van der Waals surface area contributed by atoms with Crippen LogP contribution >= 0.6 is 0 Å². The molecule has 0 saturated carbocycles. The van der Waals surface area contributed by atoms with E-state index in [2.05, 4.69) is 15.5 Å². The molecule has 1 atom stereocenters. The summed E-state index contributed by atoms with van der Waals surface area (Å²) in [6.07, 6.45) is 1.05. The van der Waals surface area contributed by atoms with E-state index in [1.165, 1.54) is 0 Å². The summed E-state index contributed by atoms with van der Waals surface area (Å²) in [5, 5.41) is 9.69. The Morgan fingerprint density at radius 1 is 1.40 bits per heavy atom. The van der Waals surface area contributed by atoms with Crippen molar-refractivity contribution in [3.63, 3.8) is 0 Å². The van der Waals surface area contributed by atoms with Gasteiger partial charge < -0.3 is 15.0 Å². The highest BCUT2D eigenvalue weighted by Gasteiger charge is 2.34. The van der Waals surface area contributed by atoms with Crippen LogP contribution in [0.3, 0.4) is 0 Å². The number of rotatable bonds is 6. The molecule has 25 heavy (non-hydrogen) atoms. The highest BCUT2D eigenvalue weighted by atomic mass is 16.5. The first kappa shape index (κ1) is 17.0. The lowest BCUT2D eigenvalue weighted by Crippen LogP contribution is -2.28. The van der Waals surface area contributed by atoms with E-state index in [9.17, 15) is 9.59 Å². The summed E-state index contributed by atoms with van der Waals surface area (Å²) in [6.45, 7) is 2.92. The first-order valence-electron chi connectivity index (χ1n) is 8.35. The summed E-state index contributed by atoms with van der Waals surface area (Å²) in [4.78, 5) is 26.3. The van der Waals surface area contributed by atoms with Crippen molar-refractivity contribution in [3.8, 4) is 5.75 Å². The van der Waals surface area contributed by atoms with E-state index in [0.29, 0.717) is 18.9 Å². The maximum atomic E-state index is 12.4. The molecule has 2 heterocycles. The number of carbonyl (C=O) groups is 2. The molecule has 1 saturated heterocycles. The van der Waals surface area contributed by atoms with Gasteiger partial charge in [0.2, 0.25) is 11.8 Å². The van der Waals surface area contributed by atoms with Crippen molar-refractivity contribution in [1.29, 1.82) is 0 Å². The normalized spacial score (nSPS) is 17.0. The van der Waals surface area contributed by atoms with Crippen LogP contribution in [0.25, 0.3) is 0 Å². The summed E-state index contributed by atoms with van der Waals surface area (Å²) in [7, 11) is 1.62. The Morgan fingerprint density at radius 2 is 2.16 bits per heavy atom. The van der Waals surface area contributed by atoms with Gasteiger partial charge in [0.25, 0.3) is 0 Å². The Bertz CT molecular complexity index is 754. The number of likely N-dealkylation sites (tertiary alicyclic amines) is 1. The highest BCUT2D eigenvalue weighted by molar-refractivity contribution is 5.96. The SMILES string of the molecule is CCc1cc(NC(=O)[C@@H]2CC(=O)N(Cc3ccc(OC)cc3)C2)n[nH]1. The van der Waals surface area contributed by atoms with E-state index in [1.54, 1.807) is 12.0 Å². The molecule has 2 N–H and O–H groups in total. The number of carbonyl (C=O) groups excluding carboxylic acids is 2. The number of benzene rings is 1. The first-order valence-corrected chi connectivity index (χ1v) is 8.35. The van der Waals surface area contributed by atoms with Gasteiger partial charge in [0.05, 0.1) is 13.0 Å². The predicted molar refractivity (Wildman–Crippen MR) is 93.1 cm³/mol. The minimum Gasteiger partial charge on any atom is -0.497 e. The molecule has 132 valence electrons. The Kier molecular flexibility index (Phi) is 5.02. The van der Waals surface area contributed by atoms with E-state index in [4.69, 9.17) is 4.74 Å². The van der Waals surface area contributed by atoms with Gasteiger partial charge >= 0.3 is 0 Å². The lowest BCUT2D eigenvalue weighted by molar-refractivity contribution is -0.128. The monoisotopic (exact) mass is 342 g/mol. The van der Waals surface area contributed by atoms with Crippen molar-refractivity contribution >= 4 is 17.6 Å². The van der Waals surface area contributed by atoms with E-state index < -0.39 is 0 Å². The maximum Gasteiger partial charge on any atom is 0.230 e. The summed E-state index contributed by atoms with van der Waals surface area (Å²) in [5.41, 5.74) is 1.97. The van der Waals surface area contributed by atoms with Crippen LogP contribution in [-0.2, 0) is 22.6 Å². The topological polar surface area (TPSA) is 87.3 Å². The van der Waals surface area contributed by atoms with E-state index in [-0.39, 0.29) is 24.2 Å². The fraction of sp³-hybridized carbons (Fsp3) is 0.389. The second-order valence-corrected chi connectivity index (χ2v) is 6.14. The van der Waals surface area contributed by atoms with Crippen LogP contribution in [0.5, 0.6) is 5.75 Å². The zero-order chi connectivity index (χ0) is 17.8. The fourth-order valence-corrected chi connectivity index (χ4v) is 2.89. The number of ether oxygens (including phenoxy) is 1. The zero-order valence-corrected chi connectivity index (χ0v) is 14.4. The molecule has 1 fully saturated rings. The Morgan fingerprint density at radius 3 is 2.80 bits per heavy atom. The molecular formula is C18H22N4O3. The van der Waals surface area contributed by atoms with E-state index in [0.717, 1.165) is 23.4 Å². The lowest BCUT2D eigenvalue weighted by atomic mass is 10.1. The number of amides is 2. The van der Waals surface area contributed by atoms with Crippen LogP contribution in [0.2, 0.25) is 0 Å². The second kappa shape index (κ2) is 7.38. The molecule has 0 aliphatic carbocycles. The van der Waals surface area contributed by atoms with Crippen LogP contribution in [-0.4, -0.2) is 40.6 Å². The molecule has 1 aromatic heterocycles. The number of aromatic nitrogens is 2. The highest BCUT2D eigenvalue weighted by Crippen LogP contribution is 2.22. The minimum absolute atomic E-state index is 0.00718. The van der Waals surface area contributed by atoms with Crippen LogP contribution in [0.4, 0.5) is 5.82 Å². The molecule has 7 heteroatoms. The Labute approximate surface area is 146 Å². The van der Waals surface area contributed by atoms with Crippen LogP contribution in [0, 0.1) is 5.92 Å². The van der Waals surface area contributed by atoms with Gasteiger partial charge in [-0.05, 0) is 24.1 Å². The molecule has 1 aliphatic rings. The summed E-state index contributed by atoms with van der Waals surface area (Å²) in [5.74, 6) is 0.751. The smallest absolute Gasteiger partial charge is 0.230 e. The predicted octanol–water partition coefficient (Wildman–Crippen LogP) is 1.97. The van der Waals surface area contributed by atoms with Crippen molar-refractivity contribution < 1.29 is 14.3 Å². The van der Waals surface area contributed by atoms with Gasteiger partial charge in [-0.2, -0.15) is 5.10 Å². The van der Waals surface area contributed by atoms with Crippen molar-refractivity contribution in [2.75, 3.05) is 19.0 Å². The number of hydrogen-bond donors (Lipinski definition) is 2. The second-order valence-electron chi connectivity index (χ2n) is 6.14. The van der Waals surface area contributed by atoms with Gasteiger partial charge in [-0.25, -0.2) is 0 Å². The van der Waals surface area contributed by atoms with Gasteiger partial charge in [0.1, 0.15) is 5.75 Å². The lowest BCUT2D eigenvalue weighted by Gasteiger charge is -2.16. The van der Waals surface area contributed by atoms with Crippen LogP contribution < -0.4 is 10.1 Å². The quantitative estimate of drug-likeness (QED) is 0.840. The number of aryl methyl sites for hydroxylation is 1. The third-order valence-corrected chi connectivity index (χ3v) is 4.38. The van der Waals surface area contributed by atoms with E-state index >= 15 is 0 Å². The molecular weight excluding hydrogens is 320 g/mol. The van der Waals surface area contributed by atoms with Gasteiger partial charge in [-0.3, -0.25) is 14.7 Å². The number of anilines is 1. The molecule has 2 amide bonds. The van der Waals surface area contributed by atoms with Gasteiger partial charge in [-0.1, -0.05) is 19.1 Å². The number of methoxy groups -OCH3 is 1. The minimum atomic E-state index is -0.354. The summed E-state index contributed by atoms with van der Waals surface area (Å²) < 4.78 is 5.13. The van der Waals surface area contributed by atoms with Crippen LogP contribution in [0.1, 0.15) is 24.6 Å². The van der Waals surface area contributed by atoms with Gasteiger partial charge in [0.15, 0.2) is 5.82 Å². The summed E-state index contributed by atoms with van der Waals surface area (Å²) in [6, 6.07) is 9.39. The molecule has 7 nitrogen and oxygen atoms in total. The van der Waals surface area contributed by atoms with Crippen molar-refractivity contribution in [1.82, 2.24) is 15.1 Å². The van der Waals surface area contributed by atoms with Gasteiger partial charge in [-0.15, -0.1) is 0 Å². The molecule has 0 unspecified atom stereocenters. The fourth-order valence-electron chi connectivity index (χ4n) is 2.89. The summed E-state index contributed by atoms with van der Waals surface area (Å²) >= 11 is 0. The standard InChI is InChI=1S/C18H22N4O3/c1-3-14-9-16(21-20-14)19-18(24)13-8-17(23)22(11-13)10-12-4-6-15(25-2)7-5-12/h4-7,9,13H,3,8,10-11H2,1-2H3,(H2,19,20,21,24)/t13-/m1/s1. The van der Waals surface area contributed by atoms with E-state index in [1.807, 2.05) is 37.3 Å². The van der Waals surface area contributed by atoms with Crippen molar-refractivity contribution in [2.45, 2.75) is 26.3 Å². The molecule has 0 radical (unpaired) electrons. The van der Waals surface area contributed by atoms with Gasteiger partial charge in [0, 0.05) is 31.3 Å². The number of hydrogen-bond acceptors (Lipinski definition) is 4. The third-order valence-electron chi connectivity index (χ3n) is 4.38. The average Bonchev–Trinajstić information content (AvgIpc) is 3.22.